The van der Waals surface area contributed by atoms with E-state index in [9.17, 15) is 5.11 Å². The third-order valence-electron chi connectivity index (χ3n) is 5.51. The minimum atomic E-state index is -0.0714. The first-order chi connectivity index (χ1) is 14.3. The molecule has 1 N–H and O–H groups in total. The fourth-order valence-electron chi connectivity index (χ4n) is 4.31. The van der Waals surface area contributed by atoms with Gasteiger partial charge in [0, 0.05) is 22.7 Å². The average molecular weight is 383 g/mol. The zero-order chi connectivity index (χ0) is 20.0. The molecule has 0 aliphatic heterocycles. The maximum atomic E-state index is 10.2. The summed E-state index contributed by atoms with van der Waals surface area (Å²) in [6.45, 7) is -0.0714. The summed E-state index contributed by atoms with van der Waals surface area (Å²) in [7, 11) is 3.34. The van der Waals surface area contributed by atoms with Crippen LogP contribution in [0.1, 0.15) is 5.69 Å². The molecule has 3 aromatic carbocycles. The Balaban J connectivity index is 2.06. The van der Waals surface area contributed by atoms with Crippen LogP contribution in [0, 0.1) is 0 Å². The average Bonchev–Trinajstić information content (AvgIpc) is 3.34. The molecule has 4 heteroatoms. The van der Waals surface area contributed by atoms with Gasteiger partial charge in [0.2, 0.25) is 0 Å². The van der Waals surface area contributed by atoms with Crippen LogP contribution in [-0.4, -0.2) is 23.7 Å². The molecule has 29 heavy (non-hydrogen) atoms. The van der Waals surface area contributed by atoms with Crippen LogP contribution in [0.25, 0.3) is 38.7 Å². The maximum absolute atomic E-state index is 10.2. The highest BCUT2D eigenvalue weighted by atomic mass is 16.5. The Kier molecular flexibility index (Phi) is 4.14. The molecule has 5 aromatic rings. The van der Waals surface area contributed by atoms with E-state index < -0.39 is 0 Å². The lowest BCUT2D eigenvalue weighted by molar-refractivity contribution is 0.276. The van der Waals surface area contributed by atoms with E-state index in [1.807, 2.05) is 48.5 Å². The van der Waals surface area contributed by atoms with Crippen LogP contribution in [0.5, 0.6) is 11.5 Å². The monoisotopic (exact) mass is 383 g/mol. The highest BCUT2D eigenvalue weighted by Gasteiger charge is 2.27. The van der Waals surface area contributed by atoms with Crippen molar-refractivity contribution in [2.24, 2.45) is 0 Å². The number of hydrogen-bond acceptors (Lipinski definition) is 3. The first-order valence-corrected chi connectivity index (χ1v) is 9.54. The van der Waals surface area contributed by atoms with Crippen molar-refractivity contribution in [2.45, 2.75) is 6.61 Å². The third-order valence-corrected chi connectivity index (χ3v) is 5.51. The molecule has 0 spiro atoms. The van der Waals surface area contributed by atoms with E-state index in [0.29, 0.717) is 0 Å². The number of aromatic nitrogens is 1. The molecule has 0 aliphatic rings. The van der Waals surface area contributed by atoms with Gasteiger partial charge >= 0.3 is 0 Å². The number of methoxy groups -OCH3 is 2. The first-order valence-electron chi connectivity index (χ1n) is 9.54. The largest absolute Gasteiger partial charge is 0.496 e. The summed E-state index contributed by atoms with van der Waals surface area (Å²) in [6.07, 6.45) is 0. The predicted molar refractivity (Wildman–Crippen MR) is 116 cm³/mol. The summed E-state index contributed by atoms with van der Waals surface area (Å²) in [4.78, 5) is 0. The minimum absolute atomic E-state index is 0.0714. The van der Waals surface area contributed by atoms with Crippen molar-refractivity contribution in [3.63, 3.8) is 0 Å². The van der Waals surface area contributed by atoms with E-state index in [-0.39, 0.29) is 6.61 Å². The van der Waals surface area contributed by atoms with Gasteiger partial charge in [-0.05, 0) is 17.2 Å². The highest BCUT2D eigenvalue weighted by Crippen LogP contribution is 2.49. The molecule has 0 aliphatic carbocycles. The Bertz CT molecular complexity index is 1250. The summed E-state index contributed by atoms with van der Waals surface area (Å²) in [5.41, 5.74) is 6.13. The van der Waals surface area contributed by atoms with Crippen LogP contribution in [0.3, 0.4) is 0 Å². The first kappa shape index (κ1) is 17.6. The van der Waals surface area contributed by atoms with E-state index in [1.54, 1.807) is 14.2 Å². The minimum Gasteiger partial charge on any atom is -0.496 e. The lowest BCUT2D eigenvalue weighted by atomic mass is 9.97. The van der Waals surface area contributed by atoms with Crippen LogP contribution < -0.4 is 9.47 Å². The van der Waals surface area contributed by atoms with E-state index >= 15 is 0 Å². The molecule has 0 radical (unpaired) electrons. The standard InChI is InChI=1S/C25H21NO3/c1-28-20-14-21(29-2)23-22(16-9-5-3-6-10-16)24(17-11-7-4-8-12-17)26-18(15-27)13-19(20)25(23)26/h3-14,27H,15H2,1-2H3. The molecule has 2 heterocycles. The number of aliphatic hydroxyl groups excluding tert-OH is 1. The van der Waals surface area contributed by atoms with Gasteiger partial charge in [0.15, 0.2) is 0 Å². The van der Waals surface area contributed by atoms with Crippen LogP contribution in [0.15, 0.2) is 72.8 Å². The van der Waals surface area contributed by atoms with Crippen molar-refractivity contribution in [3.05, 3.63) is 78.5 Å². The fourth-order valence-corrected chi connectivity index (χ4v) is 4.31. The Hall–Kier alpha value is -3.50. The van der Waals surface area contributed by atoms with Gasteiger partial charge in [-0.2, -0.15) is 0 Å². The van der Waals surface area contributed by atoms with Gasteiger partial charge in [0.25, 0.3) is 0 Å². The Labute approximate surface area is 168 Å². The van der Waals surface area contributed by atoms with E-state index in [4.69, 9.17) is 9.47 Å². The second-order valence-corrected chi connectivity index (χ2v) is 7.00. The molecule has 0 saturated carbocycles. The van der Waals surface area contributed by atoms with Crippen LogP contribution in [-0.2, 0) is 6.61 Å². The normalized spacial score (nSPS) is 11.4. The van der Waals surface area contributed by atoms with Gasteiger partial charge in [-0.15, -0.1) is 0 Å². The number of ether oxygens (including phenoxy) is 2. The van der Waals surface area contributed by atoms with Crippen LogP contribution >= 0.6 is 0 Å². The number of nitrogens with zero attached hydrogens (tertiary/aromatic N) is 1. The SMILES string of the molecule is COc1cc(OC)c2c(-c3ccccc3)c(-c3ccccc3)n3c(CO)cc1c23. The van der Waals surface area contributed by atoms with Crippen molar-refractivity contribution >= 4 is 16.3 Å². The molecule has 0 fully saturated rings. The molecule has 144 valence electrons. The van der Waals surface area contributed by atoms with E-state index in [1.165, 1.54) is 0 Å². The molecule has 0 amide bonds. The van der Waals surface area contributed by atoms with Gasteiger partial charge in [-0.25, -0.2) is 0 Å². The predicted octanol–water partition coefficient (Wildman–Crippen LogP) is 5.37. The lowest BCUT2D eigenvalue weighted by Gasteiger charge is -2.11. The molecule has 5 rings (SSSR count). The molecular formula is C25H21NO3. The quantitative estimate of drug-likeness (QED) is 0.443. The van der Waals surface area contributed by atoms with Crippen molar-refractivity contribution in [1.29, 1.82) is 0 Å². The fraction of sp³-hybridized carbons (Fsp3) is 0.120. The van der Waals surface area contributed by atoms with Gasteiger partial charge in [0.1, 0.15) is 11.5 Å². The summed E-state index contributed by atoms with van der Waals surface area (Å²) in [6, 6.07) is 24.5. The Morgan fingerprint density at radius 1 is 0.793 bits per heavy atom. The van der Waals surface area contributed by atoms with Gasteiger partial charge in [0.05, 0.1) is 37.4 Å². The zero-order valence-corrected chi connectivity index (χ0v) is 16.3. The molecule has 0 atom stereocenters. The summed E-state index contributed by atoms with van der Waals surface area (Å²) >= 11 is 0. The number of hydrogen-bond donors (Lipinski definition) is 1. The molecule has 0 saturated heterocycles. The van der Waals surface area contributed by atoms with Crippen LogP contribution in [0.4, 0.5) is 0 Å². The van der Waals surface area contributed by atoms with Crippen LogP contribution in [0.2, 0.25) is 0 Å². The van der Waals surface area contributed by atoms with Gasteiger partial charge in [-0.3, -0.25) is 0 Å². The molecule has 0 bridgehead atoms. The summed E-state index contributed by atoms with van der Waals surface area (Å²) < 4.78 is 13.6. The molecule has 4 nitrogen and oxygen atoms in total. The second-order valence-electron chi connectivity index (χ2n) is 7.00. The van der Waals surface area contributed by atoms with Gasteiger partial charge in [-0.1, -0.05) is 60.7 Å². The topological polar surface area (TPSA) is 43.1 Å². The Morgan fingerprint density at radius 2 is 1.41 bits per heavy atom. The van der Waals surface area contributed by atoms with Crippen molar-refractivity contribution in [3.8, 4) is 33.9 Å². The summed E-state index contributed by atoms with van der Waals surface area (Å²) in [5, 5.41) is 12.2. The third kappa shape index (κ3) is 2.50. The zero-order valence-electron chi connectivity index (χ0n) is 16.3. The maximum Gasteiger partial charge on any atom is 0.132 e. The second kappa shape index (κ2) is 6.83. The Morgan fingerprint density at radius 3 is 2.00 bits per heavy atom. The smallest absolute Gasteiger partial charge is 0.132 e. The van der Waals surface area contributed by atoms with E-state index in [0.717, 1.165) is 55.9 Å². The van der Waals surface area contributed by atoms with E-state index in [2.05, 4.69) is 28.7 Å². The molecule has 0 unspecified atom stereocenters. The van der Waals surface area contributed by atoms with Gasteiger partial charge < -0.3 is 19.0 Å². The highest BCUT2D eigenvalue weighted by molar-refractivity contribution is 6.16. The molecular weight excluding hydrogens is 362 g/mol. The number of benzene rings is 3. The number of aliphatic hydroxyl groups is 1. The molecule has 2 aromatic heterocycles. The number of rotatable bonds is 5. The van der Waals surface area contributed by atoms with Crippen molar-refractivity contribution < 1.29 is 14.6 Å². The lowest BCUT2D eigenvalue weighted by Crippen LogP contribution is -1.94. The van der Waals surface area contributed by atoms with Crippen molar-refractivity contribution in [1.82, 2.24) is 4.40 Å². The van der Waals surface area contributed by atoms with Crippen molar-refractivity contribution in [2.75, 3.05) is 14.2 Å². The summed E-state index contributed by atoms with van der Waals surface area (Å²) in [5.74, 6) is 1.48.